The summed E-state index contributed by atoms with van der Waals surface area (Å²) >= 11 is 0. The van der Waals surface area contributed by atoms with E-state index in [0.717, 1.165) is 5.69 Å². The van der Waals surface area contributed by atoms with Crippen LogP contribution >= 0.6 is 0 Å². The van der Waals surface area contributed by atoms with Gasteiger partial charge in [0.2, 0.25) is 5.91 Å². The number of hydrogen-bond acceptors (Lipinski definition) is 3. The predicted octanol–water partition coefficient (Wildman–Crippen LogP) is 0.455. The van der Waals surface area contributed by atoms with Crippen molar-refractivity contribution in [1.82, 2.24) is 5.43 Å². The van der Waals surface area contributed by atoms with Gasteiger partial charge in [-0.2, -0.15) is 0 Å². The summed E-state index contributed by atoms with van der Waals surface area (Å²) in [5.41, 5.74) is 4.86. The molecule has 1 atom stereocenters. The van der Waals surface area contributed by atoms with Crippen molar-refractivity contribution < 1.29 is 9.90 Å². The van der Waals surface area contributed by atoms with Gasteiger partial charge in [-0.05, 0) is 19.1 Å². The summed E-state index contributed by atoms with van der Waals surface area (Å²) in [4.78, 5) is 11.3. The van der Waals surface area contributed by atoms with Gasteiger partial charge >= 0.3 is 0 Å². The highest BCUT2D eigenvalue weighted by Crippen LogP contribution is 2.18. The quantitative estimate of drug-likeness (QED) is 0.739. The molecule has 2 rings (SSSR count). The number of aliphatic hydroxyl groups excluding tert-OH is 1. The number of aryl methyl sites for hydroxylation is 1. The Labute approximate surface area is 88.5 Å². The topological polar surface area (TPSA) is 52.6 Å². The lowest BCUT2D eigenvalue weighted by molar-refractivity contribution is -0.123. The number of hydrazine groups is 1. The molecule has 1 aromatic carbocycles. The summed E-state index contributed by atoms with van der Waals surface area (Å²) in [6.45, 7) is 2.44. The van der Waals surface area contributed by atoms with Crippen LogP contribution in [0.25, 0.3) is 0 Å². The molecular formula is C11H14N2O2. The SMILES string of the molecule is Cc1ccc(N2CC(CO)C(=O)N2)cc1. The Morgan fingerprint density at radius 3 is 2.67 bits per heavy atom. The molecule has 1 aliphatic rings. The molecule has 1 saturated heterocycles. The van der Waals surface area contributed by atoms with Crippen molar-refractivity contribution in [2.45, 2.75) is 6.92 Å². The second-order valence-corrected chi connectivity index (χ2v) is 3.80. The van der Waals surface area contributed by atoms with Crippen molar-refractivity contribution in [3.05, 3.63) is 29.8 Å². The van der Waals surface area contributed by atoms with Crippen molar-refractivity contribution in [2.75, 3.05) is 18.2 Å². The van der Waals surface area contributed by atoms with Gasteiger partial charge in [0.15, 0.2) is 0 Å². The summed E-state index contributed by atoms with van der Waals surface area (Å²) in [5.74, 6) is -0.427. The second kappa shape index (κ2) is 3.90. The number of carbonyl (C=O) groups excluding carboxylic acids is 1. The summed E-state index contributed by atoms with van der Waals surface area (Å²) < 4.78 is 0. The van der Waals surface area contributed by atoms with Crippen LogP contribution in [0.4, 0.5) is 5.69 Å². The largest absolute Gasteiger partial charge is 0.395 e. The first kappa shape index (κ1) is 9.98. The highest BCUT2D eigenvalue weighted by molar-refractivity contribution is 5.84. The number of carbonyl (C=O) groups is 1. The van der Waals surface area contributed by atoms with Gasteiger partial charge < -0.3 is 5.11 Å². The van der Waals surface area contributed by atoms with E-state index in [4.69, 9.17) is 5.11 Å². The van der Waals surface area contributed by atoms with Gasteiger partial charge in [0.1, 0.15) is 0 Å². The first-order chi connectivity index (χ1) is 7.20. The summed E-state index contributed by atoms with van der Waals surface area (Å²) in [6, 6.07) is 7.90. The Morgan fingerprint density at radius 1 is 1.47 bits per heavy atom. The number of amides is 1. The maximum absolute atomic E-state index is 11.3. The van der Waals surface area contributed by atoms with Gasteiger partial charge in [0.05, 0.1) is 24.8 Å². The van der Waals surface area contributed by atoms with E-state index < -0.39 is 0 Å². The maximum Gasteiger partial charge on any atom is 0.245 e. The zero-order valence-electron chi connectivity index (χ0n) is 8.60. The smallest absolute Gasteiger partial charge is 0.245 e. The van der Waals surface area contributed by atoms with Crippen LogP contribution in [0.1, 0.15) is 5.56 Å². The number of anilines is 1. The first-order valence-electron chi connectivity index (χ1n) is 4.96. The van der Waals surface area contributed by atoms with Crippen molar-refractivity contribution in [2.24, 2.45) is 5.92 Å². The second-order valence-electron chi connectivity index (χ2n) is 3.80. The molecule has 1 amide bonds. The average Bonchev–Trinajstić information content (AvgIpc) is 2.61. The monoisotopic (exact) mass is 206 g/mol. The minimum atomic E-state index is -0.314. The molecule has 0 spiro atoms. The van der Waals surface area contributed by atoms with E-state index in [1.807, 2.05) is 31.2 Å². The highest BCUT2D eigenvalue weighted by Gasteiger charge is 2.29. The lowest BCUT2D eigenvalue weighted by atomic mass is 10.1. The Hall–Kier alpha value is -1.55. The van der Waals surface area contributed by atoms with Crippen LogP contribution in [-0.2, 0) is 4.79 Å². The Balaban J connectivity index is 2.13. The molecule has 1 unspecified atom stereocenters. The highest BCUT2D eigenvalue weighted by atomic mass is 16.3. The normalized spacial score (nSPS) is 20.5. The molecule has 0 aliphatic carbocycles. The van der Waals surface area contributed by atoms with Gasteiger partial charge in [0, 0.05) is 0 Å². The van der Waals surface area contributed by atoms with Crippen LogP contribution in [0, 0.1) is 12.8 Å². The minimum Gasteiger partial charge on any atom is -0.395 e. The molecule has 0 saturated carbocycles. The molecule has 1 aliphatic heterocycles. The molecule has 1 fully saturated rings. The van der Waals surface area contributed by atoms with Gasteiger partial charge in [-0.25, -0.2) is 0 Å². The van der Waals surface area contributed by atoms with Crippen molar-refractivity contribution >= 4 is 11.6 Å². The van der Waals surface area contributed by atoms with Gasteiger partial charge in [-0.3, -0.25) is 15.2 Å². The maximum atomic E-state index is 11.3. The summed E-state index contributed by atoms with van der Waals surface area (Å²) in [7, 11) is 0. The van der Waals surface area contributed by atoms with Crippen LogP contribution < -0.4 is 10.4 Å². The fourth-order valence-corrected chi connectivity index (χ4v) is 1.61. The molecule has 1 heterocycles. The number of benzene rings is 1. The van der Waals surface area contributed by atoms with Gasteiger partial charge in [0.25, 0.3) is 0 Å². The number of hydrogen-bond donors (Lipinski definition) is 2. The van der Waals surface area contributed by atoms with Crippen LogP contribution in [0.2, 0.25) is 0 Å². The lowest BCUT2D eigenvalue weighted by Gasteiger charge is -2.17. The molecular weight excluding hydrogens is 192 g/mol. The van der Waals surface area contributed by atoms with Crippen LogP contribution in [0.15, 0.2) is 24.3 Å². The summed E-state index contributed by atoms with van der Waals surface area (Å²) in [6.07, 6.45) is 0. The average molecular weight is 206 g/mol. The van der Waals surface area contributed by atoms with E-state index >= 15 is 0 Å². The van der Waals surface area contributed by atoms with E-state index in [9.17, 15) is 4.79 Å². The molecule has 15 heavy (non-hydrogen) atoms. The third-order valence-electron chi connectivity index (χ3n) is 2.58. The number of nitrogens with zero attached hydrogens (tertiary/aromatic N) is 1. The molecule has 2 N–H and O–H groups in total. The predicted molar refractivity (Wildman–Crippen MR) is 57.2 cm³/mol. The molecule has 0 bridgehead atoms. The Kier molecular flexibility index (Phi) is 2.60. The van der Waals surface area contributed by atoms with E-state index in [1.165, 1.54) is 5.56 Å². The van der Waals surface area contributed by atoms with E-state index in [-0.39, 0.29) is 18.4 Å². The number of rotatable bonds is 2. The minimum absolute atomic E-state index is 0.103. The van der Waals surface area contributed by atoms with Crippen LogP contribution in [0.3, 0.4) is 0 Å². The fourth-order valence-electron chi connectivity index (χ4n) is 1.61. The van der Waals surface area contributed by atoms with Crippen LogP contribution in [-0.4, -0.2) is 24.2 Å². The van der Waals surface area contributed by atoms with E-state index in [1.54, 1.807) is 5.01 Å². The summed E-state index contributed by atoms with van der Waals surface area (Å²) in [5, 5.41) is 10.7. The van der Waals surface area contributed by atoms with Crippen molar-refractivity contribution in [3.63, 3.8) is 0 Å². The third kappa shape index (κ3) is 1.94. The van der Waals surface area contributed by atoms with E-state index in [2.05, 4.69) is 5.43 Å². The zero-order chi connectivity index (χ0) is 10.8. The molecule has 80 valence electrons. The van der Waals surface area contributed by atoms with Gasteiger partial charge in [-0.1, -0.05) is 17.7 Å². The molecule has 0 radical (unpaired) electrons. The van der Waals surface area contributed by atoms with Gasteiger partial charge in [-0.15, -0.1) is 0 Å². The molecule has 1 aromatic rings. The lowest BCUT2D eigenvalue weighted by Crippen LogP contribution is -2.32. The molecule has 0 aromatic heterocycles. The molecule has 4 heteroatoms. The number of nitrogens with one attached hydrogen (secondary N) is 1. The first-order valence-corrected chi connectivity index (χ1v) is 4.96. The Morgan fingerprint density at radius 2 is 2.13 bits per heavy atom. The standard InChI is InChI=1S/C11H14N2O2/c1-8-2-4-10(5-3-8)13-6-9(7-14)11(15)12-13/h2-5,9,14H,6-7H2,1H3,(H,12,15). The van der Waals surface area contributed by atoms with Crippen molar-refractivity contribution in [3.8, 4) is 0 Å². The van der Waals surface area contributed by atoms with Crippen molar-refractivity contribution in [1.29, 1.82) is 0 Å². The number of aliphatic hydroxyl groups is 1. The Bertz CT molecular complexity index is 361. The molecule has 4 nitrogen and oxygen atoms in total. The third-order valence-corrected chi connectivity index (χ3v) is 2.58. The van der Waals surface area contributed by atoms with E-state index in [0.29, 0.717) is 6.54 Å². The zero-order valence-corrected chi connectivity index (χ0v) is 8.60. The fraction of sp³-hybridized carbons (Fsp3) is 0.364. The van der Waals surface area contributed by atoms with Crippen LogP contribution in [0.5, 0.6) is 0 Å².